The second-order valence-corrected chi connectivity index (χ2v) is 8.52. The molecule has 0 unspecified atom stereocenters. The second-order valence-electron chi connectivity index (χ2n) is 8.52. The van der Waals surface area contributed by atoms with Crippen molar-refractivity contribution in [2.75, 3.05) is 19.7 Å². The molecular formula is C24H46F3NO2. The van der Waals surface area contributed by atoms with Crippen molar-refractivity contribution in [1.29, 1.82) is 0 Å². The lowest BCUT2D eigenvalue weighted by molar-refractivity contribution is -0.185. The summed E-state index contributed by atoms with van der Waals surface area (Å²) >= 11 is 0. The van der Waals surface area contributed by atoms with Crippen molar-refractivity contribution in [3.05, 3.63) is 0 Å². The number of carbonyl (C=O) groups is 1. The first-order valence-corrected chi connectivity index (χ1v) is 12.4. The van der Waals surface area contributed by atoms with E-state index in [2.05, 4.69) is 6.92 Å². The zero-order chi connectivity index (χ0) is 22.5. The fraction of sp³-hybridized carbons (Fsp3) is 0.958. The summed E-state index contributed by atoms with van der Waals surface area (Å²) in [5.74, 6) is -1.71. The Bertz CT molecular complexity index is 389. The lowest BCUT2D eigenvalue weighted by Gasteiger charge is -2.23. The zero-order valence-electron chi connectivity index (χ0n) is 19.3. The molecule has 1 N–H and O–H groups in total. The van der Waals surface area contributed by atoms with Gasteiger partial charge in [0.15, 0.2) is 0 Å². The average molecular weight is 438 g/mol. The van der Waals surface area contributed by atoms with E-state index in [-0.39, 0.29) is 19.7 Å². The van der Waals surface area contributed by atoms with Crippen molar-refractivity contribution in [3.8, 4) is 0 Å². The molecule has 0 aromatic heterocycles. The van der Waals surface area contributed by atoms with Gasteiger partial charge in [-0.2, -0.15) is 13.2 Å². The molecule has 0 fully saturated rings. The zero-order valence-corrected chi connectivity index (χ0v) is 19.3. The Morgan fingerprint density at radius 3 is 1.30 bits per heavy atom. The molecule has 0 aromatic rings. The smallest absolute Gasteiger partial charge is 0.396 e. The molecule has 0 aliphatic rings. The van der Waals surface area contributed by atoms with Crippen LogP contribution in [0.25, 0.3) is 0 Å². The molecule has 0 aliphatic heterocycles. The highest BCUT2D eigenvalue weighted by Crippen LogP contribution is 2.20. The largest absolute Gasteiger partial charge is 0.471 e. The number of aliphatic hydroxyl groups excluding tert-OH is 1. The molecule has 6 heteroatoms. The second kappa shape index (κ2) is 20.1. The summed E-state index contributed by atoms with van der Waals surface area (Å²) in [6, 6.07) is 0. The summed E-state index contributed by atoms with van der Waals surface area (Å²) < 4.78 is 38.4. The third-order valence-electron chi connectivity index (χ3n) is 5.65. The molecule has 30 heavy (non-hydrogen) atoms. The van der Waals surface area contributed by atoms with Crippen LogP contribution in [0.2, 0.25) is 0 Å². The number of carbonyl (C=O) groups excluding carboxylic acids is 1. The van der Waals surface area contributed by atoms with Gasteiger partial charge in [0, 0.05) is 19.7 Å². The van der Waals surface area contributed by atoms with Gasteiger partial charge in [-0.15, -0.1) is 0 Å². The third kappa shape index (κ3) is 18.0. The SMILES string of the molecule is CCCCCCCCCCCCCCCCN(CCCCCCO)C(=O)C(F)(F)F. The number of hydrogen-bond acceptors (Lipinski definition) is 2. The maximum atomic E-state index is 12.8. The normalized spacial score (nSPS) is 11.8. The van der Waals surface area contributed by atoms with Gasteiger partial charge < -0.3 is 10.0 Å². The number of nitrogens with zero attached hydrogens (tertiary/aromatic N) is 1. The molecule has 0 spiro atoms. The van der Waals surface area contributed by atoms with Gasteiger partial charge in [0.25, 0.3) is 0 Å². The first kappa shape index (κ1) is 29.2. The fourth-order valence-corrected chi connectivity index (χ4v) is 3.76. The number of hydrogen-bond donors (Lipinski definition) is 1. The van der Waals surface area contributed by atoms with Crippen LogP contribution in [0.1, 0.15) is 122 Å². The lowest BCUT2D eigenvalue weighted by Crippen LogP contribution is -2.42. The first-order valence-electron chi connectivity index (χ1n) is 12.4. The molecule has 1 amide bonds. The molecule has 0 saturated carbocycles. The Balaban J connectivity index is 3.73. The predicted octanol–water partition coefficient (Wildman–Crippen LogP) is 7.41. The Morgan fingerprint density at radius 1 is 0.633 bits per heavy atom. The monoisotopic (exact) mass is 437 g/mol. The van der Waals surface area contributed by atoms with E-state index in [0.717, 1.165) is 37.0 Å². The van der Waals surface area contributed by atoms with Gasteiger partial charge in [0.1, 0.15) is 0 Å². The number of amides is 1. The van der Waals surface area contributed by atoms with E-state index in [1.807, 2.05) is 0 Å². The topological polar surface area (TPSA) is 40.5 Å². The minimum absolute atomic E-state index is 0.101. The fourth-order valence-electron chi connectivity index (χ4n) is 3.76. The standard InChI is InChI=1S/C24H46F3NO2/c1-2-3-4-5-6-7-8-9-10-11-12-13-14-17-20-28(23(30)24(25,26)27)21-18-15-16-19-22-29/h29H,2-22H2,1H3. The van der Waals surface area contributed by atoms with Gasteiger partial charge in [0.2, 0.25) is 0 Å². The van der Waals surface area contributed by atoms with Crippen LogP contribution in [0, 0.1) is 0 Å². The average Bonchev–Trinajstić information content (AvgIpc) is 2.71. The van der Waals surface area contributed by atoms with E-state index in [1.165, 1.54) is 64.2 Å². The Labute approximate surface area is 182 Å². The number of unbranched alkanes of at least 4 members (excludes halogenated alkanes) is 16. The first-order chi connectivity index (χ1) is 14.4. The van der Waals surface area contributed by atoms with Gasteiger partial charge in [-0.05, 0) is 19.3 Å². The van der Waals surface area contributed by atoms with Crippen LogP contribution in [0.5, 0.6) is 0 Å². The molecule has 0 heterocycles. The van der Waals surface area contributed by atoms with E-state index < -0.39 is 12.1 Å². The van der Waals surface area contributed by atoms with Crippen molar-refractivity contribution < 1.29 is 23.1 Å². The number of rotatable bonds is 21. The number of halogens is 3. The Kier molecular flexibility index (Phi) is 19.6. The van der Waals surface area contributed by atoms with Crippen molar-refractivity contribution >= 4 is 5.91 Å². The minimum atomic E-state index is -4.79. The van der Waals surface area contributed by atoms with Gasteiger partial charge >= 0.3 is 12.1 Å². The molecule has 3 nitrogen and oxygen atoms in total. The van der Waals surface area contributed by atoms with Crippen LogP contribution in [-0.4, -0.2) is 41.8 Å². The predicted molar refractivity (Wildman–Crippen MR) is 119 cm³/mol. The molecule has 0 bridgehead atoms. The summed E-state index contributed by atoms with van der Waals surface area (Å²) in [4.78, 5) is 12.6. The summed E-state index contributed by atoms with van der Waals surface area (Å²) in [5, 5.41) is 8.75. The van der Waals surface area contributed by atoms with Crippen LogP contribution in [0.3, 0.4) is 0 Å². The minimum Gasteiger partial charge on any atom is -0.396 e. The van der Waals surface area contributed by atoms with Gasteiger partial charge in [-0.25, -0.2) is 0 Å². The summed E-state index contributed by atoms with van der Waals surface area (Å²) in [6.45, 7) is 2.68. The van der Waals surface area contributed by atoms with Crippen LogP contribution >= 0.6 is 0 Å². The van der Waals surface area contributed by atoms with E-state index in [0.29, 0.717) is 19.3 Å². The maximum absolute atomic E-state index is 12.8. The van der Waals surface area contributed by atoms with Crippen LogP contribution < -0.4 is 0 Å². The molecule has 0 aromatic carbocycles. The van der Waals surface area contributed by atoms with E-state index in [1.54, 1.807) is 0 Å². The van der Waals surface area contributed by atoms with Crippen LogP contribution in [0.15, 0.2) is 0 Å². The molecule has 0 saturated heterocycles. The molecule has 0 rings (SSSR count). The number of alkyl halides is 3. The highest BCUT2D eigenvalue weighted by Gasteiger charge is 2.41. The Hall–Kier alpha value is -0.780. The lowest BCUT2D eigenvalue weighted by atomic mass is 10.0. The quantitative estimate of drug-likeness (QED) is 0.190. The van der Waals surface area contributed by atoms with Crippen LogP contribution in [0.4, 0.5) is 13.2 Å². The summed E-state index contributed by atoms with van der Waals surface area (Å²) in [7, 11) is 0. The van der Waals surface area contributed by atoms with Crippen molar-refractivity contribution in [3.63, 3.8) is 0 Å². The molecule has 0 aliphatic carbocycles. The van der Waals surface area contributed by atoms with Crippen molar-refractivity contribution in [2.24, 2.45) is 0 Å². The highest BCUT2D eigenvalue weighted by atomic mass is 19.4. The maximum Gasteiger partial charge on any atom is 0.471 e. The highest BCUT2D eigenvalue weighted by molar-refractivity contribution is 5.81. The van der Waals surface area contributed by atoms with Crippen molar-refractivity contribution in [2.45, 2.75) is 129 Å². The molecular weight excluding hydrogens is 391 g/mol. The van der Waals surface area contributed by atoms with Gasteiger partial charge in [0.05, 0.1) is 0 Å². The summed E-state index contributed by atoms with van der Waals surface area (Å²) in [6.07, 6.45) is 14.8. The van der Waals surface area contributed by atoms with E-state index >= 15 is 0 Å². The van der Waals surface area contributed by atoms with Gasteiger partial charge in [-0.1, -0.05) is 103 Å². The van der Waals surface area contributed by atoms with Gasteiger partial charge in [-0.3, -0.25) is 4.79 Å². The third-order valence-corrected chi connectivity index (χ3v) is 5.65. The van der Waals surface area contributed by atoms with E-state index in [4.69, 9.17) is 5.11 Å². The van der Waals surface area contributed by atoms with Crippen molar-refractivity contribution in [1.82, 2.24) is 4.90 Å². The molecule has 0 atom stereocenters. The Morgan fingerprint density at radius 2 is 0.967 bits per heavy atom. The number of aliphatic hydroxyl groups is 1. The van der Waals surface area contributed by atoms with Crippen LogP contribution in [-0.2, 0) is 4.79 Å². The van der Waals surface area contributed by atoms with E-state index in [9.17, 15) is 18.0 Å². The molecule has 0 radical (unpaired) electrons. The summed E-state index contributed by atoms with van der Waals surface area (Å²) in [5.41, 5.74) is 0. The molecule has 180 valence electrons.